The van der Waals surface area contributed by atoms with E-state index in [1.54, 1.807) is 18.2 Å². The van der Waals surface area contributed by atoms with Gasteiger partial charge in [0.1, 0.15) is 5.58 Å². The van der Waals surface area contributed by atoms with Gasteiger partial charge in [0.05, 0.1) is 18.7 Å². The van der Waals surface area contributed by atoms with E-state index in [0.717, 1.165) is 27.7 Å². The van der Waals surface area contributed by atoms with E-state index < -0.39 is 0 Å². The van der Waals surface area contributed by atoms with Crippen LogP contribution in [0.3, 0.4) is 0 Å². The molecule has 25 heavy (non-hydrogen) atoms. The molecule has 0 aliphatic rings. The molecule has 0 saturated heterocycles. The Balaban J connectivity index is 1.80. The predicted octanol–water partition coefficient (Wildman–Crippen LogP) is 3.87. The molecule has 4 nitrogen and oxygen atoms in total. The summed E-state index contributed by atoms with van der Waals surface area (Å²) in [5.74, 6) is 0.00516. The second-order valence-corrected chi connectivity index (χ2v) is 6.38. The van der Waals surface area contributed by atoms with E-state index in [4.69, 9.17) is 4.42 Å². The summed E-state index contributed by atoms with van der Waals surface area (Å²) >= 11 is 0. The Kier molecular flexibility index (Phi) is 5.19. The molecule has 1 unspecified atom stereocenters. The topological polar surface area (TPSA) is 53.7 Å². The number of rotatable bonds is 6. The predicted molar refractivity (Wildman–Crippen MR) is 98.3 cm³/mol. The third kappa shape index (κ3) is 3.74. The third-order valence-corrected chi connectivity index (χ3v) is 4.60. The van der Waals surface area contributed by atoms with Crippen LogP contribution in [-0.2, 0) is 11.2 Å². The molecular formula is C21H23NO3. The fourth-order valence-corrected chi connectivity index (χ4v) is 3.17. The van der Waals surface area contributed by atoms with Crippen LogP contribution >= 0.6 is 0 Å². The maximum atomic E-state index is 12.8. The van der Waals surface area contributed by atoms with Gasteiger partial charge in [-0.2, -0.15) is 0 Å². The van der Waals surface area contributed by atoms with Gasteiger partial charge in [-0.15, -0.1) is 0 Å². The number of likely N-dealkylation sites (N-methyl/N-ethyl adjacent to an activating group) is 1. The average Bonchev–Trinajstić information content (AvgIpc) is 3.01. The van der Waals surface area contributed by atoms with Crippen molar-refractivity contribution in [1.29, 1.82) is 0 Å². The molecule has 1 aromatic heterocycles. The molecule has 0 radical (unpaired) electrons. The monoisotopic (exact) mass is 337 g/mol. The number of carbonyl (C=O) groups is 1. The number of amides is 1. The van der Waals surface area contributed by atoms with E-state index in [0.29, 0.717) is 6.42 Å². The van der Waals surface area contributed by atoms with Gasteiger partial charge in [-0.3, -0.25) is 4.79 Å². The van der Waals surface area contributed by atoms with Crippen molar-refractivity contribution in [3.05, 3.63) is 71.5 Å². The van der Waals surface area contributed by atoms with E-state index >= 15 is 0 Å². The number of nitrogens with zero attached hydrogens (tertiary/aromatic N) is 1. The number of benzene rings is 2. The van der Waals surface area contributed by atoms with Crippen molar-refractivity contribution >= 4 is 16.9 Å². The highest BCUT2D eigenvalue weighted by Crippen LogP contribution is 2.26. The van der Waals surface area contributed by atoms with Crippen LogP contribution in [0.4, 0.5) is 0 Å². The molecule has 0 aliphatic carbocycles. The van der Waals surface area contributed by atoms with Crippen molar-refractivity contribution in [3.63, 3.8) is 0 Å². The van der Waals surface area contributed by atoms with E-state index in [1.165, 1.54) is 0 Å². The highest BCUT2D eigenvalue weighted by Gasteiger charge is 2.22. The molecule has 1 atom stereocenters. The minimum Gasteiger partial charge on any atom is -0.464 e. The number of aryl methyl sites for hydroxylation is 1. The molecule has 0 aliphatic heterocycles. The summed E-state index contributed by atoms with van der Waals surface area (Å²) in [5.41, 5.74) is 3.85. The van der Waals surface area contributed by atoms with Gasteiger partial charge in [-0.1, -0.05) is 42.5 Å². The maximum Gasteiger partial charge on any atom is 0.227 e. The zero-order chi connectivity index (χ0) is 17.8. The van der Waals surface area contributed by atoms with Crippen LogP contribution in [0.2, 0.25) is 0 Å². The Morgan fingerprint density at radius 3 is 2.68 bits per heavy atom. The molecule has 1 heterocycles. The number of furan rings is 1. The number of aliphatic hydroxyl groups is 1. The lowest BCUT2D eigenvalue weighted by Crippen LogP contribution is -2.33. The third-order valence-electron chi connectivity index (χ3n) is 4.60. The van der Waals surface area contributed by atoms with E-state index in [-0.39, 0.29) is 25.0 Å². The number of aliphatic hydroxyl groups excluding tert-OH is 1. The van der Waals surface area contributed by atoms with Crippen LogP contribution in [0.1, 0.15) is 29.2 Å². The molecule has 3 rings (SSSR count). The summed E-state index contributed by atoms with van der Waals surface area (Å²) in [7, 11) is 1.79. The van der Waals surface area contributed by atoms with Crippen molar-refractivity contribution in [2.24, 2.45) is 0 Å². The quantitative estimate of drug-likeness (QED) is 0.743. The Bertz CT molecular complexity index is 854. The highest BCUT2D eigenvalue weighted by molar-refractivity contribution is 5.88. The smallest absolute Gasteiger partial charge is 0.227 e. The van der Waals surface area contributed by atoms with Crippen molar-refractivity contribution in [1.82, 2.24) is 4.90 Å². The van der Waals surface area contributed by atoms with Crippen LogP contribution in [0.25, 0.3) is 11.0 Å². The van der Waals surface area contributed by atoms with Gasteiger partial charge in [0.25, 0.3) is 0 Å². The summed E-state index contributed by atoms with van der Waals surface area (Å²) in [6, 6.07) is 15.7. The zero-order valence-electron chi connectivity index (χ0n) is 14.6. The first-order valence-corrected chi connectivity index (χ1v) is 8.48. The van der Waals surface area contributed by atoms with Gasteiger partial charge in [0, 0.05) is 24.6 Å². The fourth-order valence-electron chi connectivity index (χ4n) is 3.17. The van der Waals surface area contributed by atoms with Gasteiger partial charge >= 0.3 is 0 Å². The normalized spacial score (nSPS) is 12.3. The lowest BCUT2D eigenvalue weighted by Gasteiger charge is -2.28. The molecular weight excluding hydrogens is 314 g/mol. The van der Waals surface area contributed by atoms with Crippen LogP contribution < -0.4 is 0 Å². The first-order chi connectivity index (χ1) is 12.1. The maximum absolute atomic E-state index is 12.8. The summed E-state index contributed by atoms with van der Waals surface area (Å²) in [5, 5.41) is 10.4. The first kappa shape index (κ1) is 17.2. The summed E-state index contributed by atoms with van der Waals surface area (Å²) in [4.78, 5) is 14.5. The zero-order valence-corrected chi connectivity index (χ0v) is 14.6. The lowest BCUT2D eigenvalue weighted by molar-refractivity contribution is -0.131. The molecule has 2 aromatic carbocycles. The first-order valence-electron chi connectivity index (χ1n) is 8.48. The Hall–Kier alpha value is -2.59. The van der Waals surface area contributed by atoms with E-state index in [1.807, 2.05) is 55.5 Å². The van der Waals surface area contributed by atoms with Crippen molar-refractivity contribution in [3.8, 4) is 0 Å². The molecule has 0 spiro atoms. The largest absolute Gasteiger partial charge is 0.464 e. The number of hydrogen-bond acceptors (Lipinski definition) is 3. The van der Waals surface area contributed by atoms with Gasteiger partial charge in [0.2, 0.25) is 5.91 Å². The molecule has 0 saturated carbocycles. The summed E-state index contributed by atoms with van der Waals surface area (Å²) in [6.07, 6.45) is 2.46. The fraction of sp³-hybridized carbons (Fsp3) is 0.286. The number of carbonyl (C=O) groups excluding carboxylic acids is 1. The van der Waals surface area contributed by atoms with Crippen LogP contribution in [0.15, 0.2) is 59.2 Å². The second kappa shape index (κ2) is 7.53. The molecule has 0 bridgehead atoms. The Morgan fingerprint density at radius 1 is 1.20 bits per heavy atom. The van der Waals surface area contributed by atoms with Crippen molar-refractivity contribution in [2.45, 2.75) is 25.8 Å². The van der Waals surface area contributed by atoms with Gasteiger partial charge in [0.15, 0.2) is 0 Å². The molecule has 0 fully saturated rings. The van der Waals surface area contributed by atoms with Crippen LogP contribution in [-0.4, -0.2) is 29.6 Å². The minimum absolute atomic E-state index is 0.00516. The van der Waals surface area contributed by atoms with Gasteiger partial charge in [-0.25, -0.2) is 0 Å². The molecule has 130 valence electrons. The molecule has 3 aromatic rings. The minimum atomic E-state index is -0.140. The molecule has 1 amide bonds. The standard InChI is InChI=1S/C21H23NO3/c1-15-8-9-18-17(14-25-20(18)12-15)13-21(24)22(2)19(10-11-23)16-6-4-3-5-7-16/h3-9,12,14,19,23H,10-11,13H2,1-2H3. The lowest BCUT2D eigenvalue weighted by atomic mass is 10.0. The van der Waals surface area contributed by atoms with Crippen LogP contribution in [0.5, 0.6) is 0 Å². The van der Waals surface area contributed by atoms with Gasteiger partial charge in [-0.05, 0) is 30.5 Å². The van der Waals surface area contributed by atoms with Crippen LogP contribution in [0, 0.1) is 6.92 Å². The average molecular weight is 337 g/mol. The van der Waals surface area contributed by atoms with Gasteiger partial charge < -0.3 is 14.4 Å². The summed E-state index contributed by atoms with van der Waals surface area (Å²) in [6.45, 7) is 2.05. The van der Waals surface area contributed by atoms with E-state index in [2.05, 4.69) is 0 Å². The van der Waals surface area contributed by atoms with Crippen molar-refractivity contribution in [2.75, 3.05) is 13.7 Å². The molecule has 4 heteroatoms. The van der Waals surface area contributed by atoms with Crippen molar-refractivity contribution < 1.29 is 14.3 Å². The second-order valence-electron chi connectivity index (χ2n) is 6.38. The Labute approximate surface area is 147 Å². The Morgan fingerprint density at radius 2 is 1.96 bits per heavy atom. The molecule has 1 N–H and O–H groups in total. The summed E-state index contributed by atoms with van der Waals surface area (Å²) < 4.78 is 5.59. The van der Waals surface area contributed by atoms with E-state index in [9.17, 15) is 9.90 Å². The number of hydrogen-bond donors (Lipinski definition) is 1. The highest BCUT2D eigenvalue weighted by atomic mass is 16.3. The number of fused-ring (bicyclic) bond motifs is 1. The SMILES string of the molecule is Cc1ccc2c(CC(=O)N(C)C(CCO)c3ccccc3)coc2c1.